The summed E-state index contributed by atoms with van der Waals surface area (Å²) in [5.74, 6) is -0.104. The Bertz CT molecular complexity index is 1130. The predicted molar refractivity (Wildman–Crippen MR) is 109 cm³/mol. The number of hydrogen-bond donors (Lipinski definition) is 1. The van der Waals surface area contributed by atoms with E-state index in [2.05, 4.69) is 9.55 Å². The zero-order valence-corrected chi connectivity index (χ0v) is 16.4. The van der Waals surface area contributed by atoms with E-state index in [0.717, 1.165) is 23.7 Å². The number of hydrogen-bond acceptors (Lipinski definition) is 4. The van der Waals surface area contributed by atoms with E-state index < -0.39 is 5.60 Å². The molecule has 5 heterocycles. The summed E-state index contributed by atoms with van der Waals surface area (Å²) in [7, 11) is 1.67. The number of aliphatic hydroxyl groups is 1. The molecular weight excluding hydrogens is 368 g/mol. The average Bonchev–Trinajstić information content (AvgIpc) is 3.22. The van der Waals surface area contributed by atoms with Gasteiger partial charge in [-0.1, -0.05) is 0 Å². The fourth-order valence-corrected chi connectivity index (χ4v) is 5.10. The van der Waals surface area contributed by atoms with Crippen LogP contribution in [0.15, 0.2) is 53.8 Å². The fraction of sp³-hybridized carbons (Fsp3) is 0.409. The fourth-order valence-electron chi connectivity index (χ4n) is 5.10. The molecule has 150 valence electrons. The first-order valence-electron chi connectivity index (χ1n) is 10.0. The molecule has 3 aromatic heterocycles. The van der Waals surface area contributed by atoms with Gasteiger partial charge in [-0.3, -0.25) is 14.6 Å². The van der Waals surface area contributed by atoms with Crippen LogP contribution < -0.4 is 5.56 Å². The molecule has 29 heavy (non-hydrogen) atoms. The number of aromatic nitrogens is 3. The van der Waals surface area contributed by atoms with Gasteiger partial charge in [-0.15, -0.1) is 0 Å². The molecule has 2 atom stereocenters. The number of pyridine rings is 2. The minimum absolute atomic E-state index is 0.00439. The molecule has 2 saturated heterocycles. The average molecular weight is 392 g/mol. The minimum atomic E-state index is -0.864. The van der Waals surface area contributed by atoms with Gasteiger partial charge >= 0.3 is 0 Å². The molecule has 2 bridgehead atoms. The van der Waals surface area contributed by atoms with Gasteiger partial charge in [0.25, 0.3) is 11.5 Å². The van der Waals surface area contributed by atoms with Crippen molar-refractivity contribution in [3.8, 4) is 0 Å². The molecule has 2 fully saturated rings. The summed E-state index contributed by atoms with van der Waals surface area (Å²) in [5, 5.41) is 12.5. The van der Waals surface area contributed by atoms with Crippen molar-refractivity contribution in [3.05, 3.63) is 65.0 Å². The molecule has 0 saturated carbocycles. The van der Waals surface area contributed by atoms with Gasteiger partial charge in [-0.25, -0.2) is 0 Å². The molecule has 2 aliphatic rings. The van der Waals surface area contributed by atoms with Crippen LogP contribution in [0.1, 0.15) is 36.0 Å². The van der Waals surface area contributed by atoms with Crippen LogP contribution in [-0.4, -0.2) is 47.7 Å². The van der Waals surface area contributed by atoms with E-state index in [9.17, 15) is 14.7 Å². The molecule has 5 rings (SSSR count). The summed E-state index contributed by atoms with van der Waals surface area (Å²) in [6.07, 6.45) is 10.1. The Balaban J connectivity index is 1.38. The third-order valence-electron chi connectivity index (χ3n) is 6.48. The third kappa shape index (κ3) is 3.06. The lowest BCUT2D eigenvalue weighted by atomic mass is 9.85. The first-order valence-corrected chi connectivity index (χ1v) is 10.0. The highest BCUT2D eigenvalue weighted by molar-refractivity contribution is 5.94. The van der Waals surface area contributed by atoms with E-state index in [4.69, 9.17) is 0 Å². The summed E-state index contributed by atoms with van der Waals surface area (Å²) in [6, 6.07) is 7.09. The second kappa shape index (κ2) is 6.56. The SMILES string of the molecule is Cn1ccc(C(=O)N2C3CCC2CC(O)(Cn2ccc4ccncc42)C3)cc1=O. The number of carbonyl (C=O) groups is 1. The third-order valence-corrected chi connectivity index (χ3v) is 6.48. The van der Waals surface area contributed by atoms with Crippen molar-refractivity contribution in [3.63, 3.8) is 0 Å². The molecule has 0 radical (unpaired) electrons. The van der Waals surface area contributed by atoms with E-state index in [1.54, 1.807) is 25.5 Å². The van der Waals surface area contributed by atoms with Crippen molar-refractivity contribution in [1.82, 2.24) is 19.0 Å². The first-order chi connectivity index (χ1) is 13.9. The van der Waals surface area contributed by atoms with Crippen LogP contribution in [-0.2, 0) is 13.6 Å². The highest BCUT2D eigenvalue weighted by atomic mass is 16.3. The topological polar surface area (TPSA) is 80.4 Å². The highest BCUT2D eigenvalue weighted by Gasteiger charge is 2.49. The lowest BCUT2D eigenvalue weighted by Gasteiger charge is -2.44. The molecule has 2 unspecified atom stereocenters. The molecule has 7 nitrogen and oxygen atoms in total. The predicted octanol–water partition coefficient (Wildman–Crippen LogP) is 1.93. The maximum Gasteiger partial charge on any atom is 0.254 e. The molecule has 0 aromatic carbocycles. The van der Waals surface area contributed by atoms with E-state index in [0.29, 0.717) is 24.9 Å². The van der Waals surface area contributed by atoms with Gasteiger partial charge in [-0.05, 0) is 43.9 Å². The van der Waals surface area contributed by atoms with E-state index in [1.807, 2.05) is 29.4 Å². The summed E-state index contributed by atoms with van der Waals surface area (Å²) in [6.45, 7) is 0.489. The van der Waals surface area contributed by atoms with Crippen LogP contribution in [0, 0.1) is 0 Å². The van der Waals surface area contributed by atoms with Crippen LogP contribution in [0.5, 0.6) is 0 Å². The van der Waals surface area contributed by atoms with Crippen molar-refractivity contribution in [2.45, 2.75) is 49.9 Å². The number of rotatable bonds is 3. The highest BCUT2D eigenvalue weighted by Crippen LogP contribution is 2.42. The molecule has 0 aliphatic carbocycles. The van der Waals surface area contributed by atoms with Crippen LogP contribution in [0.25, 0.3) is 10.9 Å². The first kappa shape index (κ1) is 18.1. The Morgan fingerprint density at radius 2 is 1.97 bits per heavy atom. The molecule has 2 aliphatic heterocycles. The summed E-state index contributed by atoms with van der Waals surface area (Å²) in [5.41, 5.74) is 0.381. The number of fused-ring (bicyclic) bond motifs is 3. The van der Waals surface area contributed by atoms with Crippen molar-refractivity contribution < 1.29 is 9.90 Å². The Hall–Kier alpha value is -2.93. The van der Waals surface area contributed by atoms with Gasteiger partial charge in [0.15, 0.2) is 0 Å². The van der Waals surface area contributed by atoms with Gasteiger partial charge < -0.3 is 19.1 Å². The lowest BCUT2D eigenvalue weighted by Crippen LogP contribution is -2.54. The van der Waals surface area contributed by atoms with Gasteiger partial charge in [0.2, 0.25) is 0 Å². The zero-order valence-electron chi connectivity index (χ0n) is 16.4. The Morgan fingerprint density at radius 1 is 1.21 bits per heavy atom. The smallest absolute Gasteiger partial charge is 0.254 e. The molecular formula is C22H24N4O3. The van der Waals surface area contributed by atoms with E-state index in [1.165, 1.54) is 10.6 Å². The maximum absolute atomic E-state index is 13.1. The second-order valence-electron chi connectivity index (χ2n) is 8.47. The number of aryl methyl sites for hydroxylation is 1. The maximum atomic E-state index is 13.1. The number of amides is 1. The zero-order chi connectivity index (χ0) is 20.2. The van der Waals surface area contributed by atoms with Crippen molar-refractivity contribution in [1.29, 1.82) is 0 Å². The second-order valence-corrected chi connectivity index (χ2v) is 8.47. The molecule has 1 amide bonds. The van der Waals surface area contributed by atoms with Gasteiger partial charge in [0, 0.05) is 54.7 Å². The van der Waals surface area contributed by atoms with Crippen molar-refractivity contribution in [2.24, 2.45) is 7.05 Å². The molecule has 7 heteroatoms. The molecule has 3 aromatic rings. The van der Waals surface area contributed by atoms with E-state index in [-0.39, 0.29) is 23.6 Å². The van der Waals surface area contributed by atoms with Crippen molar-refractivity contribution >= 4 is 16.8 Å². The lowest BCUT2D eigenvalue weighted by molar-refractivity contribution is -0.0533. The van der Waals surface area contributed by atoms with Crippen LogP contribution in [0.2, 0.25) is 0 Å². The molecule has 1 N–H and O–H groups in total. The quantitative estimate of drug-likeness (QED) is 0.739. The summed E-state index contributed by atoms with van der Waals surface area (Å²) >= 11 is 0. The van der Waals surface area contributed by atoms with E-state index >= 15 is 0 Å². The number of piperidine rings is 1. The molecule has 0 spiro atoms. The minimum Gasteiger partial charge on any atom is -0.388 e. The van der Waals surface area contributed by atoms with Gasteiger partial charge in [0.1, 0.15) is 0 Å². The summed E-state index contributed by atoms with van der Waals surface area (Å²) in [4.78, 5) is 31.2. The van der Waals surface area contributed by atoms with Gasteiger partial charge in [0.05, 0.1) is 23.9 Å². The summed E-state index contributed by atoms with van der Waals surface area (Å²) < 4.78 is 3.51. The van der Waals surface area contributed by atoms with Crippen LogP contribution in [0.3, 0.4) is 0 Å². The Kier molecular flexibility index (Phi) is 4.10. The number of carbonyl (C=O) groups excluding carboxylic acids is 1. The Labute approximate surface area is 168 Å². The standard InChI is InChI=1S/C22H24N4O3/c1-24-8-5-16(10-20(24)27)21(28)26-17-2-3-18(26)12-22(29,11-17)14-25-9-6-15-4-7-23-13-19(15)25/h4-10,13,17-18,29H,2-3,11-12,14H2,1H3. The monoisotopic (exact) mass is 392 g/mol. The van der Waals surface area contributed by atoms with Crippen LogP contribution >= 0.6 is 0 Å². The van der Waals surface area contributed by atoms with Crippen molar-refractivity contribution in [2.75, 3.05) is 0 Å². The number of nitrogens with zero attached hydrogens (tertiary/aromatic N) is 4. The van der Waals surface area contributed by atoms with Crippen LogP contribution in [0.4, 0.5) is 0 Å². The largest absolute Gasteiger partial charge is 0.388 e. The van der Waals surface area contributed by atoms with Gasteiger partial charge in [-0.2, -0.15) is 0 Å². The normalized spacial score (nSPS) is 26.2. The Morgan fingerprint density at radius 3 is 2.69 bits per heavy atom.